The highest BCUT2D eigenvalue weighted by molar-refractivity contribution is 5.69. The molecule has 1 rings (SSSR count). The average Bonchev–Trinajstić information content (AvgIpc) is 2.09. The van der Waals surface area contributed by atoms with Crippen molar-refractivity contribution in [2.75, 3.05) is 0 Å². The molecular formula is C10H18O3. The van der Waals surface area contributed by atoms with E-state index in [2.05, 4.69) is 0 Å². The predicted molar refractivity (Wildman–Crippen MR) is 49.3 cm³/mol. The van der Waals surface area contributed by atoms with Crippen LogP contribution in [0.1, 0.15) is 45.4 Å². The van der Waals surface area contributed by atoms with Gasteiger partial charge in [0.05, 0.1) is 6.10 Å². The van der Waals surface area contributed by atoms with E-state index in [-0.39, 0.29) is 12.1 Å². The summed E-state index contributed by atoms with van der Waals surface area (Å²) in [6, 6.07) is 0. The van der Waals surface area contributed by atoms with Gasteiger partial charge in [0.15, 0.2) is 0 Å². The second-order valence-corrected chi connectivity index (χ2v) is 3.63. The van der Waals surface area contributed by atoms with Crippen LogP contribution in [0.2, 0.25) is 0 Å². The number of rotatable bonds is 3. The predicted octanol–water partition coefficient (Wildman–Crippen LogP) is 1.63. The van der Waals surface area contributed by atoms with Crippen LogP contribution in [-0.4, -0.2) is 23.3 Å². The van der Waals surface area contributed by atoms with Crippen molar-refractivity contribution >= 4 is 5.97 Å². The van der Waals surface area contributed by atoms with Gasteiger partial charge in [-0.1, -0.05) is 13.3 Å². The summed E-state index contributed by atoms with van der Waals surface area (Å²) < 4.78 is 5.16. The standard InChI is InChI=1S/C10H18O3/c1-2-5-10(12)13-9-7-4-3-6-8(9)11/h8-9,11H,2-7H2,1H3. The first kappa shape index (κ1) is 10.5. The number of aliphatic hydroxyl groups is 1. The first-order valence-electron chi connectivity index (χ1n) is 5.11. The molecule has 0 aliphatic heterocycles. The molecule has 0 bridgehead atoms. The summed E-state index contributed by atoms with van der Waals surface area (Å²) in [5, 5.41) is 9.51. The Morgan fingerprint density at radius 3 is 2.77 bits per heavy atom. The first-order valence-corrected chi connectivity index (χ1v) is 5.11. The SMILES string of the molecule is CCCC(=O)OC1CCCCC1O. The maximum Gasteiger partial charge on any atom is 0.306 e. The maximum absolute atomic E-state index is 11.1. The molecule has 2 unspecified atom stereocenters. The molecule has 1 N–H and O–H groups in total. The van der Waals surface area contributed by atoms with Crippen LogP contribution >= 0.6 is 0 Å². The average molecular weight is 186 g/mol. The minimum absolute atomic E-state index is 0.173. The molecule has 1 fully saturated rings. The molecule has 3 heteroatoms. The minimum atomic E-state index is -0.436. The first-order chi connectivity index (χ1) is 6.24. The molecule has 1 aliphatic rings. The fraction of sp³-hybridized carbons (Fsp3) is 0.900. The Morgan fingerprint density at radius 2 is 2.15 bits per heavy atom. The van der Waals surface area contributed by atoms with Gasteiger partial charge in [-0.25, -0.2) is 0 Å². The number of carbonyl (C=O) groups excluding carboxylic acids is 1. The van der Waals surface area contributed by atoms with E-state index in [4.69, 9.17) is 4.74 Å². The number of carbonyl (C=O) groups is 1. The molecule has 0 heterocycles. The summed E-state index contributed by atoms with van der Waals surface area (Å²) in [5.74, 6) is -0.173. The van der Waals surface area contributed by atoms with Crippen LogP contribution in [0.4, 0.5) is 0 Å². The van der Waals surface area contributed by atoms with Gasteiger partial charge >= 0.3 is 5.97 Å². The van der Waals surface area contributed by atoms with E-state index in [1.165, 1.54) is 0 Å². The fourth-order valence-electron chi connectivity index (χ4n) is 1.65. The molecular weight excluding hydrogens is 168 g/mol. The Hall–Kier alpha value is -0.570. The van der Waals surface area contributed by atoms with Crippen LogP contribution in [0, 0.1) is 0 Å². The van der Waals surface area contributed by atoms with E-state index in [1.54, 1.807) is 0 Å². The molecule has 0 saturated heterocycles. The van der Waals surface area contributed by atoms with Crippen molar-refractivity contribution in [2.24, 2.45) is 0 Å². The van der Waals surface area contributed by atoms with E-state index in [0.717, 1.165) is 32.1 Å². The number of esters is 1. The number of hydrogen-bond acceptors (Lipinski definition) is 3. The summed E-state index contributed by atoms with van der Waals surface area (Å²) in [5.41, 5.74) is 0. The van der Waals surface area contributed by atoms with Crippen molar-refractivity contribution in [3.63, 3.8) is 0 Å². The van der Waals surface area contributed by atoms with Gasteiger partial charge in [0.1, 0.15) is 6.10 Å². The third-order valence-corrected chi connectivity index (χ3v) is 2.40. The van der Waals surface area contributed by atoms with Crippen molar-refractivity contribution in [1.29, 1.82) is 0 Å². The van der Waals surface area contributed by atoms with Crippen LogP contribution in [0.3, 0.4) is 0 Å². The summed E-state index contributed by atoms with van der Waals surface area (Å²) in [6.45, 7) is 1.94. The summed E-state index contributed by atoms with van der Waals surface area (Å²) in [4.78, 5) is 11.1. The monoisotopic (exact) mass is 186 g/mol. The van der Waals surface area contributed by atoms with Gasteiger partial charge in [-0.15, -0.1) is 0 Å². The highest BCUT2D eigenvalue weighted by Crippen LogP contribution is 2.21. The molecule has 0 aromatic heterocycles. The molecule has 13 heavy (non-hydrogen) atoms. The van der Waals surface area contributed by atoms with E-state index < -0.39 is 6.10 Å². The molecule has 2 atom stereocenters. The molecule has 0 amide bonds. The van der Waals surface area contributed by atoms with E-state index >= 15 is 0 Å². The van der Waals surface area contributed by atoms with Gasteiger partial charge in [-0.2, -0.15) is 0 Å². The third kappa shape index (κ3) is 3.35. The van der Waals surface area contributed by atoms with Crippen LogP contribution in [0.15, 0.2) is 0 Å². The zero-order valence-electron chi connectivity index (χ0n) is 8.16. The van der Waals surface area contributed by atoms with Crippen LogP contribution in [-0.2, 0) is 9.53 Å². The van der Waals surface area contributed by atoms with Crippen molar-refractivity contribution in [3.8, 4) is 0 Å². The molecule has 76 valence electrons. The topological polar surface area (TPSA) is 46.5 Å². The highest BCUT2D eigenvalue weighted by atomic mass is 16.6. The second-order valence-electron chi connectivity index (χ2n) is 3.63. The van der Waals surface area contributed by atoms with Gasteiger partial charge in [-0.05, 0) is 25.7 Å². The minimum Gasteiger partial charge on any atom is -0.460 e. The van der Waals surface area contributed by atoms with E-state index in [1.807, 2.05) is 6.92 Å². The largest absolute Gasteiger partial charge is 0.460 e. The Kier molecular flexibility index (Phi) is 4.22. The lowest BCUT2D eigenvalue weighted by Crippen LogP contribution is -2.34. The number of ether oxygens (including phenoxy) is 1. The van der Waals surface area contributed by atoms with Crippen LogP contribution < -0.4 is 0 Å². The van der Waals surface area contributed by atoms with Crippen molar-refractivity contribution in [3.05, 3.63) is 0 Å². The van der Waals surface area contributed by atoms with Gasteiger partial charge in [-0.3, -0.25) is 4.79 Å². The molecule has 0 aromatic carbocycles. The molecule has 1 saturated carbocycles. The van der Waals surface area contributed by atoms with Gasteiger partial charge in [0, 0.05) is 6.42 Å². The summed E-state index contributed by atoms with van der Waals surface area (Å²) in [6.07, 6.45) is 4.28. The maximum atomic E-state index is 11.1. The third-order valence-electron chi connectivity index (χ3n) is 2.40. The van der Waals surface area contributed by atoms with Crippen molar-refractivity contribution < 1.29 is 14.6 Å². The normalized spacial score (nSPS) is 28.5. The Bertz CT molecular complexity index is 168. The Balaban J connectivity index is 2.29. The van der Waals surface area contributed by atoms with Gasteiger partial charge < -0.3 is 9.84 Å². The smallest absolute Gasteiger partial charge is 0.306 e. The lowest BCUT2D eigenvalue weighted by molar-refractivity contribution is -0.157. The molecule has 0 radical (unpaired) electrons. The molecule has 1 aliphatic carbocycles. The van der Waals surface area contributed by atoms with E-state index in [0.29, 0.717) is 6.42 Å². The van der Waals surface area contributed by atoms with Crippen LogP contribution in [0.25, 0.3) is 0 Å². The molecule has 0 spiro atoms. The van der Waals surface area contributed by atoms with Gasteiger partial charge in [0.2, 0.25) is 0 Å². The van der Waals surface area contributed by atoms with Gasteiger partial charge in [0.25, 0.3) is 0 Å². The summed E-state index contributed by atoms with van der Waals surface area (Å²) >= 11 is 0. The molecule has 3 nitrogen and oxygen atoms in total. The zero-order valence-corrected chi connectivity index (χ0v) is 8.16. The van der Waals surface area contributed by atoms with Crippen molar-refractivity contribution in [1.82, 2.24) is 0 Å². The Morgan fingerprint density at radius 1 is 1.46 bits per heavy atom. The lowest BCUT2D eigenvalue weighted by atomic mass is 9.95. The zero-order chi connectivity index (χ0) is 9.68. The van der Waals surface area contributed by atoms with E-state index in [9.17, 15) is 9.90 Å². The van der Waals surface area contributed by atoms with Crippen molar-refractivity contribution in [2.45, 2.75) is 57.7 Å². The van der Waals surface area contributed by atoms with Crippen LogP contribution in [0.5, 0.6) is 0 Å². The molecule has 0 aromatic rings. The Labute approximate surface area is 79.1 Å². The lowest BCUT2D eigenvalue weighted by Gasteiger charge is -2.27. The second kappa shape index (κ2) is 5.22. The highest BCUT2D eigenvalue weighted by Gasteiger charge is 2.25. The number of hydrogen-bond donors (Lipinski definition) is 1. The quantitative estimate of drug-likeness (QED) is 0.681. The summed E-state index contributed by atoms with van der Waals surface area (Å²) in [7, 11) is 0. The fourth-order valence-corrected chi connectivity index (χ4v) is 1.65. The number of aliphatic hydroxyl groups excluding tert-OH is 1.